The van der Waals surface area contributed by atoms with Crippen LogP contribution in [0.2, 0.25) is 0 Å². The molecule has 2 atom stereocenters. The van der Waals surface area contributed by atoms with Crippen LogP contribution in [-0.4, -0.2) is 32.8 Å². The lowest BCUT2D eigenvalue weighted by Gasteiger charge is -2.26. The first-order chi connectivity index (χ1) is 15.4. The van der Waals surface area contributed by atoms with Gasteiger partial charge in [0.25, 0.3) is 0 Å². The molecule has 0 aliphatic carbocycles. The molecule has 0 fully saturated rings. The number of hydrogen-bond acceptors (Lipinski definition) is 4. The molecule has 0 spiro atoms. The maximum atomic E-state index is 13.2. The molecule has 2 N–H and O–H groups in total. The van der Waals surface area contributed by atoms with E-state index in [1.54, 1.807) is 36.0 Å². The van der Waals surface area contributed by atoms with Crippen LogP contribution in [0.25, 0.3) is 16.6 Å². The van der Waals surface area contributed by atoms with Gasteiger partial charge in [-0.15, -0.1) is 0 Å². The zero-order valence-corrected chi connectivity index (χ0v) is 17.1. The highest BCUT2D eigenvalue weighted by Gasteiger charge is 2.25. The third-order valence-corrected chi connectivity index (χ3v) is 5.01. The highest BCUT2D eigenvalue weighted by molar-refractivity contribution is 6.31. The standard InChI is InChI=1S/C24H20FN3O4.CH4/c1-15(27-23(29)24(30)31)22(16-5-3-2-4-6-16)32-20-11-12-21-17(13-20)14-26-28(21)19-9-7-18(25)8-10-19;/h2-15,22H,1H3,(H,27,29)(H,30,31);1H4/t15-,22-;/m0./s1. The molecule has 7 nitrogen and oxygen atoms in total. The van der Waals surface area contributed by atoms with Crippen LogP contribution >= 0.6 is 0 Å². The fourth-order valence-corrected chi connectivity index (χ4v) is 3.46. The molecular formula is C25H24FN3O4. The number of hydrogen-bond donors (Lipinski definition) is 2. The molecule has 1 amide bonds. The van der Waals surface area contributed by atoms with Crippen LogP contribution in [0.4, 0.5) is 4.39 Å². The number of nitrogens with one attached hydrogen (secondary N) is 1. The van der Waals surface area contributed by atoms with E-state index in [-0.39, 0.29) is 13.2 Å². The zero-order chi connectivity index (χ0) is 22.7. The van der Waals surface area contributed by atoms with Crippen molar-refractivity contribution in [3.05, 3.63) is 90.4 Å². The molecular weight excluding hydrogens is 425 g/mol. The van der Waals surface area contributed by atoms with Crippen LogP contribution in [-0.2, 0) is 9.59 Å². The average molecular weight is 449 g/mol. The minimum Gasteiger partial charge on any atom is -0.484 e. The van der Waals surface area contributed by atoms with Crippen LogP contribution in [0.3, 0.4) is 0 Å². The van der Waals surface area contributed by atoms with Gasteiger partial charge < -0.3 is 15.2 Å². The Morgan fingerprint density at radius 2 is 1.76 bits per heavy atom. The molecule has 0 saturated carbocycles. The van der Waals surface area contributed by atoms with Crippen molar-refractivity contribution in [3.8, 4) is 11.4 Å². The Morgan fingerprint density at radius 1 is 1.06 bits per heavy atom. The Hall–Kier alpha value is -4.20. The van der Waals surface area contributed by atoms with Crippen LogP contribution in [0.15, 0.2) is 79.0 Å². The van der Waals surface area contributed by atoms with Crippen LogP contribution in [0.5, 0.6) is 5.75 Å². The summed E-state index contributed by atoms with van der Waals surface area (Å²) in [5.41, 5.74) is 2.32. The quantitative estimate of drug-likeness (QED) is 0.423. The van der Waals surface area contributed by atoms with Crippen LogP contribution in [0.1, 0.15) is 26.0 Å². The number of amides is 1. The van der Waals surface area contributed by atoms with E-state index in [9.17, 15) is 14.0 Å². The Balaban J connectivity index is 0.00000306. The number of benzene rings is 3. The van der Waals surface area contributed by atoms with E-state index in [4.69, 9.17) is 9.84 Å². The molecule has 0 saturated heterocycles. The van der Waals surface area contributed by atoms with Crippen molar-refractivity contribution in [2.45, 2.75) is 26.5 Å². The Bertz CT molecular complexity index is 1260. The van der Waals surface area contributed by atoms with E-state index >= 15 is 0 Å². The molecule has 3 aromatic carbocycles. The minimum absolute atomic E-state index is 0. The monoisotopic (exact) mass is 449 g/mol. The number of halogens is 1. The number of carboxylic acid groups (broad SMARTS) is 1. The summed E-state index contributed by atoms with van der Waals surface area (Å²) in [4.78, 5) is 22.6. The summed E-state index contributed by atoms with van der Waals surface area (Å²) >= 11 is 0. The van der Waals surface area contributed by atoms with E-state index in [2.05, 4.69) is 10.4 Å². The summed E-state index contributed by atoms with van der Waals surface area (Å²) in [6.45, 7) is 1.68. The van der Waals surface area contributed by atoms with Crippen molar-refractivity contribution in [3.63, 3.8) is 0 Å². The third-order valence-electron chi connectivity index (χ3n) is 5.01. The Labute approximate surface area is 190 Å². The van der Waals surface area contributed by atoms with Gasteiger partial charge in [0, 0.05) is 5.39 Å². The fourth-order valence-electron chi connectivity index (χ4n) is 3.46. The first-order valence-corrected chi connectivity index (χ1v) is 9.91. The molecule has 1 heterocycles. The van der Waals surface area contributed by atoms with Crippen molar-refractivity contribution in [2.24, 2.45) is 0 Å². The highest BCUT2D eigenvalue weighted by Crippen LogP contribution is 2.29. The Kier molecular flexibility index (Phi) is 7.07. The van der Waals surface area contributed by atoms with Gasteiger partial charge in [-0.25, -0.2) is 13.9 Å². The number of aliphatic carboxylic acids is 1. The molecule has 0 radical (unpaired) electrons. The maximum Gasteiger partial charge on any atom is 0.394 e. The largest absolute Gasteiger partial charge is 0.484 e. The molecule has 33 heavy (non-hydrogen) atoms. The first kappa shape index (κ1) is 23.5. The molecule has 1 aromatic heterocycles. The van der Waals surface area contributed by atoms with E-state index in [0.29, 0.717) is 5.75 Å². The van der Waals surface area contributed by atoms with E-state index in [1.165, 1.54) is 12.1 Å². The van der Waals surface area contributed by atoms with Gasteiger partial charge in [0.2, 0.25) is 0 Å². The number of carbonyl (C=O) groups excluding carboxylic acids is 1. The third kappa shape index (κ3) is 5.17. The molecule has 0 aliphatic heterocycles. The Morgan fingerprint density at radius 3 is 2.42 bits per heavy atom. The van der Waals surface area contributed by atoms with Gasteiger partial charge in [-0.3, -0.25) is 4.79 Å². The van der Waals surface area contributed by atoms with Crippen molar-refractivity contribution in [1.82, 2.24) is 15.1 Å². The van der Waals surface area contributed by atoms with Crippen LogP contribution in [0, 0.1) is 5.82 Å². The molecule has 170 valence electrons. The number of carbonyl (C=O) groups is 2. The van der Waals surface area contributed by atoms with E-state index < -0.39 is 24.0 Å². The second-order valence-electron chi connectivity index (χ2n) is 7.27. The lowest BCUT2D eigenvalue weighted by molar-refractivity contribution is -0.150. The number of rotatable bonds is 6. The van der Waals surface area contributed by atoms with Gasteiger partial charge >= 0.3 is 11.9 Å². The van der Waals surface area contributed by atoms with Crippen LogP contribution < -0.4 is 10.1 Å². The SMILES string of the molecule is C.C[C@H](NC(=O)C(=O)O)[C@H](Oc1ccc2c(cnn2-c2ccc(F)cc2)c1)c1ccccc1. The smallest absolute Gasteiger partial charge is 0.394 e. The number of carboxylic acids is 1. The molecule has 0 bridgehead atoms. The normalized spacial score (nSPS) is 12.4. The first-order valence-electron chi connectivity index (χ1n) is 9.91. The predicted octanol–water partition coefficient (Wildman–Crippen LogP) is 4.51. The second kappa shape index (κ2) is 9.95. The number of fused-ring (bicyclic) bond motifs is 1. The van der Waals surface area contributed by atoms with Gasteiger partial charge in [0.1, 0.15) is 17.7 Å². The van der Waals surface area contributed by atoms with Gasteiger partial charge in [-0.2, -0.15) is 5.10 Å². The average Bonchev–Trinajstić information content (AvgIpc) is 3.21. The predicted molar refractivity (Wildman–Crippen MR) is 123 cm³/mol. The van der Waals surface area contributed by atoms with Crippen molar-refractivity contribution < 1.29 is 23.8 Å². The lowest BCUT2D eigenvalue weighted by atomic mass is 10.0. The minimum atomic E-state index is -1.56. The lowest BCUT2D eigenvalue weighted by Crippen LogP contribution is -2.42. The van der Waals surface area contributed by atoms with Gasteiger partial charge in [0.15, 0.2) is 0 Å². The van der Waals surface area contributed by atoms with Crippen molar-refractivity contribution >= 4 is 22.8 Å². The van der Waals surface area contributed by atoms with Crippen molar-refractivity contribution in [2.75, 3.05) is 0 Å². The summed E-state index contributed by atoms with van der Waals surface area (Å²) in [7, 11) is 0. The summed E-state index contributed by atoms with van der Waals surface area (Å²) in [6.07, 6.45) is 1.06. The summed E-state index contributed by atoms with van der Waals surface area (Å²) < 4.78 is 21.1. The maximum absolute atomic E-state index is 13.2. The van der Waals surface area contributed by atoms with Gasteiger partial charge in [0.05, 0.1) is 23.4 Å². The number of ether oxygens (including phenoxy) is 1. The molecule has 0 unspecified atom stereocenters. The molecule has 0 aliphatic rings. The second-order valence-corrected chi connectivity index (χ2v) is 7.27. The van der Waals surface area contributed by atoms with Crippen molar-refractivity contribution in [1.29, 1.82) is 0 Å². The number of aromatic nitrogens is 2. The summed E-state index contributed by atoms with van der Waals surface area (Å²) in [5, 5.41) is 16.6. The zero-order valence-electron chi connectivity index (χ0n) is 17.1. The fraction of sp³-hybridized carbons (Fsp3) is 0.160. The van der Waals surface area contributed by atoms with Gasteiger partial charge in [-0.05, 0) is 55.0 Å². The summed E-state index contributed by atoms with van der Waals surface area (Å²) in [6, 6.07) is 20.1. The number of nitrogens with zero attached hydrogens (tertiary/aromatic N) is 2. The van der Waals surface area contributed by atoms with E-state index in [1.807, 2.05) is 42.5 Å². The molecule has 8 heteroatoms. The summed E-state index contributed by atoms with van der Waals surface area (Å²) in [5.74, 6) is -2.45. The molecule has 4 rings (SSSR count). The topological polar surface area (TPSA) is 93.5 Å². The molecule has 4 aromatic rings. The highest BCUT2D eigenvalue weighted by atomic mass is 19.1. The van der Waals surface area contributed by atoms with E-state index in [0.717, 1.165) is 22.2 Å². The van der Waals surface area contributed by atoms with Gasteiger partial charge in [-0.1, -0.05) is 37.8 Å².